The minimum atomic E-state index is -1.29. The minimum absolute atomic E-state index is 0.0873. The molecule has 3 saturated heterocycles. The second kappa shape index (κ2) is 17.4. The molecule has 3 aliphatic rings. The number of anilines is 1. The maximum atomic E-state index is 15.1. The summed E-state index contributed by atoms with van der Waals surface area (Å²) in [6, 6.07) is 21.4. The molecule has 0 aromatic heterocycles. The van der Waals surface area contributed by atoms with Crippen LogP contribution in [0.15, 0.2) is 98.1 Å². The van der Waals surface area contributed by atoms with Crippen molar-refractivity contribution in [1.29, 1.82) is 0 Å². The lowest BCUT2D eigenvalue weighted by atomic mass is 9.70. The first-order valence-corrected chi connectivity index (χ1v) is 19.9. The van der Waals surface area contributed by atoms with Gasteiger partial charge in [0.25, 0.3) is 5.91 Å². The quantitative estimate of drug-likeness (QED) is 0.0659. The number of alkyl halides is 1. The summed E-state index contributed by atoms with van der Waals surface area (Å²) in [5.74, 6) is -3.36. The summed E-state index contributed by atoms with van der Waals surface area (Å²) in [5, 5.41) is 14.3. The van der Waals surface area contributed by atoms with Gasteiger partial charge in [0.2, 0.25) is 11.8 Å². The van der Waals surface area contributed by atoms with Crippen LogP contribution in [0.25, 0.3) is 10.8 Å². The van der Waals surface area contributed by atoms with Crippen molar-refractivity contribution in [2.75, 3.05) is 24.6 Å². The highest BCUT2D eigenvalue weighted by Crippen LogP contribution is 2.60. The van der Waals surface area contributed by atoms with E-state index in [1.54, 1.807) is 28.9 Å². The molecule has 54 heavy (non-hydrogen) atoms. The molecule has 6 rings (SSSR count). The fourth-order valence-electron chi connectivity index (χ4n) is 8.55. The summed E-state index contributed by atoms with van der Waals surface area (Å²) in [4.78, 5) is 60.1. The van der Waals surface area contributed by atoms with Gasteiger partial charge < -0.3 is 29.7 Å². The molecule has 10 nitrogen and oxygen atoms in total. The smallest absolute Gasteiger partial charge is 0.313 e. The number of unbranched alkanes of at least 4 members (excludes halogenated alkanes) is 3. The van der Waals surface area contributed by atoms with Crippen LogP contribution in [-0.2, 0) is 28.7 Å². The van der Waals surface area contributed by atoms with Crippen LogP contribution in [0.3, 0.4) is 0 Å². The van der Waals surface area contributed by atoms with Gasteiger partial charge in [0, 0.05) is 36.6 Å². The fraction of sp³-hybridized carbons (Fsp3) is 0.442. The second-order valence-corrected chi connectivity index (χ2v) is 15.7. The van der Waals surface area contributed by atoms with Crippen molar-refractivity contribution >= 4 is 56.1 Å². The van der Waals surface area contributed by atoms with Gasteiger partial charge in [-0.2, -0.15) is 0 Å². The molecule has 3 aromatic rings. The lowest BCUT2D eigenvalue weighted by molar-refractivity contribution is -0.162. The van der Waals surface area contributed by atoms with Crippen molar-refractivity contribution in [1.82, 2.24) is 10.2 Å². The Morgan fingerprint density at radius 1 is 1.04 bits per heavy atom. The van der Waals surface area contributed by atoms with E-state index in [0.29, 0.717) is 43.5 Å². The van der Waals surface area contributed by atoms with Gasteiger partial charge in [-0.15, -0.1) is 13.2 Å². The average molecular weight is 801 g/mol. The van der Waals surface area contributed by atoms with E-state index in [1.165, 1.54) is 0 Å². The Labute approximate surface area is 325 Å². The predicted octanol–water partition coefficient (Wildman–Crippen LogP) is 6.41. The third kappa shape index (κ3) is 7.76. The number of esters is 1. The number of aliphatic hydroxyl groups is 1. The van der Waals surface area contributed by atoms with Gasteiger partial charge in [0.05, 0.1) is 24.0 Å². The number of hydrogen-bond donors (Lipinski definition) is 2. The number of ether oxygens (including phenoxy) is 2. The van der Waals surface area contributed by atoms with Crippen molar-refractivity contribution < 1.29 is 33.8 Å². The third-order valence-electron chi connectivity index (χ3n) is 11.0. The van der Waals surface area contributed by atoms with E-state index in [4.69, 9.17) is 9.47 Å². The maximum absolute atomic E-state index is 15.1. The first-order valence-electron chi connectivity index (χ1n) is 18.9. The number of hydrogen-bond acceptors (Lipinski definition) is 7. The molecule has 0 radical (unpaired) electrons. The van der Waals surface area contributed by atoms with Crippen molar-refractivity contribution in [3.8, 4) is 0 Å². The zero-order valence-electron chi connectivity index (χ0n) is 30.8. The number of rotatable bonds is 18. The lowest BCUT2D eigenvalue weighted by Crippen LogP contribution is -2.57. The Bertz CT molecular complexity index is 1850. The van der Waals surface area contributed by atoms with Crippen molar-refractivity contribution in [3.05, 3.63) is 104 Å². The SMILES string of the molecule is C=CCCC(=O)N[C@H](C)[C@@H](OC(=O)[C@H]1[C@@H]2O[C@@]3(CC2Br)[C@@H]1C(=O)N(CCCCCCO)[C@@H]3C(=O)N(CC=C)c1ccc2ccccc2c1)c1ccccc1. The lowest BCUT2D eigenvalue weighted by Gasteiger charge is -2.37. The van der Waals surface area contributed by atoms with E-state index in [-0.39, 0.29) is 42.1 Å². The Hall–Kier alpha value is -4.32. The van der Waals surface area contributed by atoms with E-state index in [0.717, 1.165) is 23.6 Å². The normalized spacial score (nSPS) is 25.2. The Balaban J connectivity index is 1.34. The Kier molecular flexibility index (Phi) is 12.7. The third-order valence-corrected chi connectivity index (χ3v) is 11.9. The molecule has 1 spiro atoms. The zero-order valence-corrected chi connectivity index (χ0v) is 32.4. The van der Waals surface area contributed by atoms with Crippen LogP contribution < -0.4 is 10.2 Å². The second-order valence-electron chi connectivity index (χ2n) is 14.6. The molecule has 286 valence electrons. The number of amides is 3. The number of nitrogens with one attached hydrogen (secondary N) is 1. The van der Waals surface area contributed by atoms with Crippen LogP contribution in [0, 0.1) is 11.8 Å². The standard InChI is InChI=1S/C43H50BrN3O7/c1-4-6-20-34(49)45-28(3)37(30-17-10-9-11-18-30)53-42(52)35-36-40(50)47(24-14-7-8-15-25-48)39(43(36)27-33(44)38(35)54-43)41(51)46(23-5-2)32-22-21-29-16-12-13-19-31(29)26-32/h4-5,9-13,16-19,21-22,26,28,33,35-39,48H,1-2,6-8,14-15,20,23-25,27H2,3H3,(H,45,49)/t28-,33?,35-,36+,37-,38-,39-,43+/m1/s1. The average Bonchev–Trinajstić information content (AvgIpc) is 3.77. The van der Waals surface area contributed by atoms with Crippen LogP contribution in [0.4, 0.5) is 5.69 Å². The number of carbonyl (C=O) groups excluding carboxylic acids is 4. The molecule has 1 unspecified atom stereocenters. The van der Waals surface area contributed by atoms with Crippen LogP contribution in [0.1, 0.15) is 63.5 Å². The predicted molar refractivity (Wildman–Crippen MR) is 212 cm³/mol. The van der Waals surface area contributed by atoms with Crippen LogP contribution >= 0.6 is 15.9 Å². The number of allylic oxidation sites excluding steroid dienone is 1. The largest absolute Gasteiger partial charge is 0.455 e. The van der Waals surface area contributed by atoms with Gasteiger partial charge in [-0.25, -0.2) is 0 Å². The highest BCUT2D eigenvalue weighted by Gasteiger charge is 2.77. The van der Waals surface area contributed by atoms with Gasteiger partial charge in [-0.1, -0.05) is 102 Å². The maximum Gasteiger partial charge on any atom is 0.313 e. The molecule has 8 atom stereocenters. The first kappa shape index (κ1) is 39.4. The van der Waals surface area contributed by atoms with E-state index in [1.807, 2.05) is 72.8 Å². The van der Waals surface area contributed by atoms with Crippen LogP contribution in [0.5, 0.6) is 0 Å². The molecule has 0 aliphatic carbocycles. The molecule has 3 amide bonds. The summed E-state index contributed by atoms with van der Waals surface area (Å²) < 4.78 is 13.1. The zero-order chi connectivity index (χ0) is 38.4. The summed E-state index contributed by atoms with van der Waals surface area (Å²) >= 11 is 3.78. The van der Waals surface area contributed by atoms with Crippen molar-refractivity contribution in [3.63, 3.8) is 0 Å². The molecule has 2 bridgehead atoms. The van der Waals surface area contributed by atoms with Gasteiger partial charge in [-0.05, 0) is 61.1 Å². The molecule has 3 aromatic carbocycles. The van der Waals surface area contributed by atoms with Gasteiger partial charge in [0.15, 0.2) is 0 Å². The highest BCUT2D eigenvalue weighted by atomic mass is 79.9. The number of nitrogens with zero attached hydrogens (tertiary/aromatic N) is 2. The number of benzene rings is 3. The van der Waals surface area contributed by atoms with Gasteiger partial charge in [-0.3, -0.25) is 19.2 Å². The summed E-state index contributed by atoms with van der Waals surface area (Å²) in [5.41, 5.74) is 0.0787. The van der Waals surface area contributed by atoms with Gasteiger partial charge in [0.1, 0.15) is 17.7 Å². The van der Waals surface area contributed by atoms with Gasteiger partial charge >= 0.3 is 5.97 Å². The number of fused-ring (bicyclic) bond motifs is 2. The van der Waals surface area contributed by atoms with Crippen LogP contribution in [0.2, 0.25) is 0 Å². The Morgan fingerprint density at radius 2 is 1.76 bits per heavy atom. The molecular formula is C43H50BrN3O7. The van der Waals surface area contributed by atoms with E-state index in [9.17, 15) is 19.5 Å². The number of carbonyl (C=O) groups is 4. The highest BCUT2D eigenvalue weighted by molar-refractivity contribution is 9.09. The summed E-state index contributed by atoms with van der Waals surface area (Å²) in [7, 11) is 0. The topological polar surface area (TPSA) is 125 Å². The molecule has 11 heteroatoms. The van der Waals surface area contributed by atoms with Crippen LogP contribution in [-0.4, -0.2) is 82.0 Å². The monoisotopic (exact) mass is 799 g/mol. The molecule has 3 fully saturated rings. The summed E-state index contributed by atoms with van der Waals surface area (Å²) in [6.07, 6.45) is 5.71. The van der Waals surface area contributed by atoms with E-state index < -0.39 is 47.7 Å². The molecule has 0 saturated carbocycles. The Morgan fingerprint density at radius 3 is 2.48 bits per heavy atom. The van der Waals surface area contributed by atoms with E-state index in [2.05, 4.69) is 34.4 Å². The first-order chi connectivity index (χ1) is 26.1. The molecule has 2 N–H and O–H groups in total. The number of aliphatic hydroxyl groups excluding tert-OH is 1. The van der Waals surface area contributed by atoms with Crippen molar-refractivity contribution in [2.45, 2.75) is 86.6 Å². The molecule has 3 aliphatic heterocycles. The number of halogens is 1. The fourth-order valence-corrected chi connectivity index (χ4v) is 9.49. The van der Waals surface area contributed by atoms with Crippen molar-refractivity contribution in [2.24, 2.45) is 11.8 Å². The van der Waals surface area contributed by atoms with E-state index >= 15 is 4.79 Å². The molecular weight excluding hydrogens is 750 g/mol. The number of likely N-dealkylation sites (tertiary alicyclic amines) is 1. The molecule has 3 heterocycles. The summed E-state index contributed by atoms with van der Waals surface area (Å²) in [6.45, 7) is 10.0. The minimum Gasteiger partial charge on any atom is -0.455 e.